The van der Waals surface area contributed by atoms with Crippen molar-refractivity contribution >= 4 is 27.7 Å². The number of hydrogen-bond donors (Lipinski definition) is 2. The molecule has 0 aliphatic rings. The number of hydrogen-bond acceptors (Lipinski definition) is 3. The molecule has 1 rings (SSSR count). The maximum Gasteiger partial charge on any atom is 0.0338 e. The third-order valence-electron chi connectivity index (χ3n) is 1.93. The average Bonchev–Trinajstić information content (AvgIpc) is 2.24. The van der Waals surface area contributed by atoms with Crippen molar-refractivity contribution < 1.29 is 0 Å². The molecule has 0 aliphatic heterocycles. The van der Waals surface area contributed by atoms with Crippen LogP contribution in [0.2, 0.25) is 0 Å². The van der Waals surface area contributed by atoms with E-state index in [4.69, 9.17) is 5.84 Å². The number of nitrogens with two attached hydrogens (primary N) is 1. The number of rotatable bonds is 6. The van der Waals surface area contributed by atoms with Crippen LogP contribution in [-0.4, -0.2) is 11.8 Å². The zero-order valence-corrected chi connectivity index (χ0v) is 10.9. The van der Waals surface area contributed by atoms with Gasteiger partial charge in [-0.1, -0.05) is 28.1 Å². The summed E-state index contributed by atoms with van der Waals surface area (Å²) >= 11 is 5.23. The van der Waals surface area contributed by atoms with Gasteiger partial charge >= 0.3 is 0 Å². The lowest BCUT2D eigenvalue weighted by atomic mass is 10.2. The van der Waals surface area contributed by atoms with E-state index in [0.29, 0.717) is 0 Å². The molecule has 0 saturated carbocycles. The molecule has 0 aliphatic carbocycles. The van der Waals surface area contributed by atoms with Crippen LogP contribution < -0.4 is 11.3 Å². The Balaban J connectivity index is 2.44. The lowest BCUT2D eigenvalue weighted by molar-refractivity contribution is 0.585. The molecule has 82 valence electrons. The molecule has 4 heteroatoms. The minimum atomic E-state index is 0.284. The Bertz CT molecular complexity index is 317. The van der Waals surface area contributed by atoms with Gasteiger partial charge in [-0.2, -0.15) is 0 Å². The van der Waals surface area contributed by atoms with Crippen LogP contribution >= 0.6 is 27.7 Å². The van der Waals surface area contributed by atoms with Crippen molar-refractivity contribution in [2.75, 3.05) is 5.75 Å². The normalized spacial score (nSPS) is 12.4. The number of hydrazine groups is 1. The zero-order chi connectivity index (χ0) is 11.1. The molecular formula is C11H15BrN2S. The topological polar surface area (TPSA) is 38.0 Å². The predicted molar refractivity (Wildman–Crippen MR) is 70.8 cm³/mol. The first-order chi connectivity index (χ1) is 7.26. The summed E-state index contributed by atoms with van der Waals surface area (Å²) in [5.41, 5.74) is 2.78. The van der Waals surface area contributed by atoms with E-state index in [1.807, 2.05) is 18.2 Å². The second kappa shape index (κ2) is 7.06. The van der Waals surface area contributed by atoms with Crippen molar-refractivity contribution in [1.29, 1.82) is 0 Å². The fourth-order valence-corrected chi connectivity index (χ4v) is 2.70. The third-order valence-corrected chi connectivity index (χ3v) is 3.58. The van der Waals surface area contributed by atoms with Gasteiger partial charge in [0, 0.05) is 21.2 Å². The van der Waals surface area contributed by atoms with Gasteiger partial charge in [0.25, 0.3) is 0 Å². The van der Waals surface area contributed by atoms with Crippen molar-refractivity contribution in [1.82, 2.24) is 5.43 Å². The lowest BCUT2D eigenvalue weighted by Gasteiger charge is -2.12. The number of benzene rings is 1. The Kier molecular flexibility index (Phi) is 6.02. The van der Waals surface area contributed by atoms with E-state index in [1.165, 1.54) is 4.90 Å². The Hall–Kier alpha value is -0.290. The first-order valence-electron chi connectivity index (χ1n) is 4.71. The summed E-state index contributed by atoms with van der Waals surface area (Å²) in [7, 11) is 0. The molecule has 0 radical (unpaired) electrons. The van der Waals surface area contributed by atoms with Gasteiger partial charge in [0.2, 0.25) is 0 Å². The second-order valence-electron chi connectivity index (χ2n) is 3.16. The molecule has 3 N–H and O–H groups in total. The highest BCUT2D eigenvalue weighted by Gasteiger charge is 2.04. The molecule has 2 nitrogen and oxygen atoms in total. The van der Waals surface area contributed by atoms with E-state index in [1.54, 1.807) is 11.8 Å². The van der Waals surface area contributed by atoms with Gasteiger partial charge in [0.05, 0.1) is 0 Å². The van der Waals surface area contributed by atoms with E-state index >= 15 is 0 Å². The monoisotopic (exact) mass is 286 g/mol. The summed E-state index contributed by atoms with van der Waals surface area (Å²) in [6, 6.07) is 8.53. The Morgan fingerprint density at radius 2 is 2.40 bits per heavy atom. The van der Waals surface area contributed by atoms with E-state index in [2.05, 4.69) is 40.1 Å². The summed E-state index contributed by atoms with van der Waals surface area (Å²) in [4.78, 5) is 1.24. The predicted octanol–water partition coefficient (Wildman–Crippen LogP) is 2.95. The van der Waals surface area contributed by atoms with Crippen LogP contribution in [0.3, 0.4) is 0 Å². The molecule has 1 unspecified atom stereocenters. The van der Waals surface area contributed by atoms with Crippen molar-refractivity contribution in [2.45, 2.75) is 17.4 Å². The van der Waals surface area contributed by atoms with Crippen LogP contribution in [0.25, 0.3) is 0 Å². The second-order valence-corrected chi connectivity index (χ2v) is 5.17. The van der Waals surface area contributed by atoms with Gasteiger partial charge in [-0.3, -0.25) is 11.3 Å². The van der Waals surface area contributed by atoms with Crippen LogP contribution in [0.4, 0.5) is 0 Å². The van der Waals surface area contributed by atoms with Crippen LogP contribution in [0.5, 0.6) is 0 Å². The van der Waals surface area contributed by atoms with E-state index in [0.717, 1.165) is 16.6 Å². The highest BCUT2D eigenvalue weighted by molar-refractivity contribution is 9.10. The highest BCUT2D eigenvalue weighted by atomic mass is 79.9. The van der Waals surface area contributed by atoms with E-state index < -0.39 is 0 Å². The van der Waals surface area contributed by atoms with Crippen molar-refractivity contribution in [2.24, 2.45) is 5.84 Å². The maximum atomic E-state index is 5.43. The van der Waals surface area contributed by atoms with E-state index in [9.17, 15) is 0 Å². The van der Waals surface area contributed by atoms with Crippen LogP contribution in [0.15, 0.2) is 46.3 Å². The molecule has 0 amide bonds. The first kappa shape index (κ1) is 12.8. The molecule has 0 fully saturated rings. The van der Waals surface area contributed by atoms with Crippen LogP contribution in [0, 0.1) is 0 Å². The Morgan fingerprint density at radius 3 is 3.00 bits per heavy atom. The Morgan fingerprint density at radius 1 is 1.60 bits per heavy atom. The molecule has 0 saturated heterocycles. The highest BCUT2D eigenvalue weighted by Crippen LogP contribution is 2.22. The largest absolute Gasteiger partial charge is 0.271 e. The molecule has 0 heterocycles. The molecule has 1 aromatic rings. The molecule has 0 spiro atoms. The molecule has 1 atom stereocenters. The van der Waals surface area contributed by atoms with Gasteiger partial charge in [0.15, 0.2) is 0 Å². The van der Waals surface area contributed by atoms with Crippen molar-refractivity contribution in [3.63, 3.8) is 0 Å². The smallest absolute Gasteiger partial charge is 0.0338 e. The van der Waals surface area contributed by atoms with Crippen molar-refractivity contribution in [3.05, 3.63) is 41.4 Å². The van der Waals surface area contributed by atoms with Crippen LogP contribution in [-0.2, 0) is 0 Å². The minimum absolute atomic E-state index is 0.284. The quantitative estimate of drug-likeness (QED) is 0.366. The number of halogens is 1. The third kappa shape index (κ3) is 4.84. The van der Waals surface area contributed by atoms with Gasteiger partial charge in [0.1, 0.15) is 0 Å². The van der Waals surface area contributed by atoms with Gasteiger partial charge in [-0.25, -0.2) is 0 Å². The first-order valence-corrected chi connectivity index (χ1v) is 6.49. The standard InChI is InChI=1S/C11H15BrN2S/c1-2-4-10(14-13)8-15-11-6-3-5-9(12)7-11/h2-3,5-7,10,14H,1,4,8,13H2. The fraction of sp³-hybridized carbons (Fsp3) is 0.273. The number of thioether (sulfide) groups is 1. The summed E-state index contributed by atoms with van der Waals surface area (Å²) < 4.78 is 1.11. The average molecular weight is 287 g/mol. The SMILES string of the molecule is C=CCC(CSc1cccc(Br)c1)NN. The lowest BCUT2D eigenvalue weighted by Crippen LogP contribution is -2.36. The van der Waals surface area contributed by atoms with Gasteiger partial charge < -0.3 is 0 Å². The molecular weight excluding hydrogens is 272 g/mol. The summed E-state index contributed by atoms with van der Waals surface area (Å²) in [6.07, 6.45) is 2.77. The van der Waals surface area contributed by atoms with Gasteiger partial charge in [-0.15, -0.1) is 18.3 Å². The fourth-order valence-electron chi connectivity index (χ4n) is 1.14. The molecule has 15 heavy (non-hydrogen) atoms. The number of nitrogens with one attached hydrogen (secondary N) is 1. The molecule has 1 aromatic carbocycles. The van der Waals surface area contributed by atoms with Crippen LogP contribution in [0.1, 0.15) is 6.42 Å². The summed E-state index contributed by atoms with van der Waals surface area (Å²) in [5.74, 6) is 6.38. The summed E-state index contributed by atoms with van der Waals surface area (Å²) in [5, 5.41) is 0. The van der Waals surface area contributed by atoms with Gasteiger partial charge in [-0.05, 0) is 24.6 Å². The van der Waals surface area contributed by atoms with Crippen molar-refractivity contribution in [3.8, 4) is 0 Å². The minimum Gasteiger partial charge on any atom is -0.271 e. The van der Waals surface area contributed by atoms with E-state index in [-0.39, 0.29) is 6.04 Å². The maximum absolute atomic E-state index is 5.43. The molecule has 0 bridgehead atoms. The summed E-state index contributed by atoms with van der Waals surface area (Å²) in [6.45, 7) is 3.71. The zero-order valence-electron chi connectivity index (χ0n) is 8.45. The molecule has 0 aromatic heterocycles. The Labute approximate surface area is 103 Å².